The molecule has 23 heavy (non-hydrogen) atoms. The molecule has 6 nitrogen and oxygen atoms in total. The zero-order valence-corrected chi connectivity index (χ0v) is 13.7. The first-order chi connectivity index (χ1) is 10.9. The third-order valence-electron chi connectivity index (χ3n) is 3.53. The number of benzene rings is 1. The van der Waals surface area contributed by atoms with Crippen molar-refractivity contribution in [2.75, 3.05) is 13.7 Å². The molecule has 0 aromatic heterocycles. The summed E-state index contributed by atoms with van der Waals surface area (Å²) >= 11 is 0. The van der Waals surface area contributed by atoms with Gasteiger partial charge in [-0.05, 0) is 24.0 Å². The summed E-state index contributed by atoms with van der Waals surface area (Å²) in [4.78, 5) is 23.5. The Hall–Kier alpha value is -2.37. The van der Waals surface area contributed by atoms with Crippen molar-refractivity contribution in [1.29, 1.82) is 0 Å². The minimum Gasteiger partial charge on any atom is -0.493 e. The summed E-state index contributed by atoms with van der Waals surface area (Å²) < 4.78 is 10.6. The first kappa shape index (κ1) is 17.0. The summed E-state index contributed by atoms with van der Waals surface area (Å²) in [7, 11) is 1.54. The second-order valence-corrected chi connectivity index (χ2v) is 6.39. The Morgan fingerprint density at radius 2 is 1.96 bits per heavy atom. The van der Waals surface area contributed by atoms with Crippen LogP contribution >= 0.6 is 0 Å². The summed E-state index contributed by atoms with van der Waals surface area (Å²) in [5, 5.41) is 4.07. The second kappa shape index (κ2) is 7.26. The highest BCUT2D eigenvalue weighted by Crippen LogP contribution is 2.31. The van der Waals surface area contributed by atoms with Gasteiger partial charge in [0.15, 0.2) is 18.1 Å². The van der Waals surface area contributed by atoms with Crippen LogP contribution in [0.5, 0.6) is 11.5 Å². The van der Waals surface area contributed by atoms with Gasteiger partial charge in [0.1, 0.15) is 5.78 Å². The fraction of sp³-hybridized carbons (Fsp3) is 0.471. The summed E-state index contributed by atoms with van der Waals surface area (Å²) in [5.74, 6) is 0.830. The quantitative estimate of drug-likeness (QED) is 0.845. The number of nitrogens with one attached hydrogen (secondary N) is 1. The molecule has 1 saturated carbocycles. The molecule has 0 saturated heterocycles. The van der Waals surface area contributed by atoms with E-state index in [-0.39, 0.29) is 23.7 Å². The molecule has 1 aliphatic rings. The average molecular weight is 318 g/mol. The first-order valence-corrected chi connectivity index (χ1v) is 7.51. The van der Waals surface area contributed by atoms with Gasteiger partial charge in [-0.15, -0.1) is 0 Å². The minimum absolute atomic E-state index is 0.104. The molecule has 0 atom stereocenters. The normalized spacial score (nSPS) is 18.6. The van der Waals surface area contributed by atoms with E-state index < -0.39 is 0 Å². The molecule has 0 aliphatic heterocycles. The summed E-state index contributed by atoms with van der Waals surface area (Å²) in [6.45, 7) is 3.87. The van der Waals surface area contributed by atoms with E-state index >= 15 is 0 Å². The van der Waals surface area contributed by atoms with Crippen molar-refractivity contribution in [3.63, 3.8) is 0 Å². The van der Waals surface area contributed by atoms with Crippen LogP contribution in [0, 0.1) is 5.41 Å². The van der Waals surface area contributed by atoms with E-state index in [1.807, 2.05) is 19.9 Å². The summed E-state index contributed by atoms with van der Waals surface area (Å²) in [5.41, 5.74) is 3.05. The lowest BCUT2D eigenvalue weighted by Crippen LogP contribution is -2.32. The molecule has 1 amide bonds. The number of hydrogen-bond acceptors (Lipinski definition) is 5. The highest BCUT2D eigenvalue weighted by Gasteiger charge is 2.30. The molecule has 6 heteroatoms. The maximum Gasteiger partial charge on any atom is 0.277 e. The number of amides is 1. The number of hydrogen-bond donors (Lipinski definition) is 1. The average Bonchev–Trinajstić information content (AvgIpc) is 2.49. The smallest absolute Gasteiger partial charge is 0.277 e. The van der Waals surface area contributed by atoms with E-state index in [1.54, 1.807) is 18.2 Å². The molecule has 0 spiro atoms. The van der Waals surface area contributed by atoms with Gasteiger partial charge in [-0.25, -0.2) is 5.43 Å². The molecule has 124 valence electrons. The predicted molar refractivity (Wildman–Crippen MR) is 86.7 cm³/mol. The zero-order chi connectivity index (χ0) is 16.9. The number of hydrazone groups is 1. The van der Waals surface area contributed by atoms with Crippen LogP contribution in [-0.4, -0.2) is 31.1 Å². The number of carbonyl (C=O) groups is 2. The lowest BCUT2D eigenvalue weighted by Gasteiger charge is -2.28. The van der Waals surface area contributed by atoms with Crippen LogP contribution in [0.2, 0.25) is 0 Å². The summed E-state index contributed by atoms with van der Waals surface area (Å²) in [6, 6.07) is 7.09. The van der Waals surface area contributed by atoms with E-state index in [0.29, 0.717) is 36.5 Å². The van der Waals surface area contributed by atoms with Gasteiger partial charge in [-0.2, -0.15) is 5.10 Å². The van der Waals surface area contributed by atoms with Crippen LogP contribution in [-0.2, 0) is 9.59 Å². The number of nitrogens with zero attached hydrogens (tertiary/aromatic N) is 1. The number of rotatable bonds is 5. The van der Waals surface area contributed by atoms with E-state index in [4.69, 9.17) is 9.47 Å². The van der Waals surface area contributed by atoms with Crippen LogP contribution in [0.3, 0.4) is 0 Å². The molecule has 1 aromatic rings. The molecular weight excluding hydrogens is 296 g/mol. The number of para-hydroxylation sites is 2. The standard InChI is InChI=1S/C17H22N2O4/c1-17(2)9-12(8-13(20)10-17)18-19-16(21)11-23-15-7-5-4-6-14(15)22-3/h4-7H,8-11H2,1-3H3,(H,19,21)/b18-12+. The van der Waals surface area contributed by atoms with Crippen molar-refractivity contribution in [2.45, 2.75) is 33.1 Å². The zero-order valence-electron chi connectivity index (χ0n) is 13.7. The first-order valence-electron chi connectivity index (χ1n) is 7.51. The minimum atomic E-state index is -0.376. The number of methoxy groups -OCH3 is 1. The van der Waals surface area contributed by atoms with Gasteiger partial charge in [-0.3, -0.25) is 9.59 Å². The van der Waals surface area contributed by atoms with Crippen molar-refractivity contribution >= 4 is 17.4 Å². The lowest BCUT2D eigenvalue weighted by molar-refractivity contribution is -0.123. The highest BCUT2D eigenvalue weighted by atomic mass is 16.5. The Morgan fingerprint density at radius 3 is 2.61 bits per heavy atom. The number of Topliss-reactive ketones (excluding diaryl/α,β-unsaturated/α-hetero) is 1. The van der Waals surface area contributed by atoms with E-state index in [0.717, 1.165) is 0 Å². The molecule has 1 fully saturated rings. The number of ketones is 1. The Kier molecular flexibility index (Phi) is 5.36. The molecule has 2 rings (SSSR count). The van der Waals surface area contributed by atoms with Gasteiger partial charge in [0, 0.05) is 18.6 Å². The third-order valence-corrected chi connectivity index (χ3v) is 3.53. The summed E-state index contributed by atoms with van der Waals surface area (Å²) in [6.07, 6.45) is 1.56. The fourth-order valence-electron chi connectivity index (χ4n) is 2.64. The Balaban J connectivity index is 1.87. The van der Waals surface area contributed by atoms with Crippen LogP contribution < -0.4 is 14.9 Å². The molecule has 0 heterocycles. The fourth-order valence-corrected chi connectivity index (χ4v) is 2.64. The van der Waals surface area contributed by atoms with Crippen LogP contribution in [0.1, 0.15) is 33.1 Å². The molecule has 0 unspecified atom stereocenters. The molecule has 1 N–H and O–H groups in total. The van der Waals surface area contributed by atoms with E-state index in [1.165, 1.54) is 7.11 Å². The SMILES string of the molecule is COc1ccccc1OCC(=O)N/N=C1\CC(=O)CC(C)(C)C1. The molecule has 1 aliphatic carbocycles. The monoisotopic (exact) mass is 318 g/mol. The van der Waals surface area contributed by atoms with E-state index in [9.17, 15) is 9.59 Å². The van der Waals surface area contributed by atoms with Crippen molar-refractivity contribution < 1.29 is 19.1 Å². The van der Waals surface area contributed by atoms with Gasteiger partial charge in [0.05, 0.1) is 7.11 Å². The van der Waals surface area contributed by atoms with Crippen LogP contribution in [0.25, 0.3) is 0 Å². The molecular formula is C17H22N2O4. The van der Waals surface area contributed by atoms with Crippen molar-refractivity contribution in [1.82, 2.24) is 5.43 Å². The maximum atomic E-state index is 11.8. The van der Waals surface area contributed by atoms with Gasteiger partial charge >= 0.3 is 0 Å². The predicted octanol–water partition coefficient (Wildman–Crippen LogP) is 2.33. The van der Waals surface area contributed by atoms with Gasteiger partial charge in [-0.1, -0.05) is 26.0 Å². The topological polar surface area (TPSA) is 77.0 Å². The third kappa shape index (κ3) is 5.09. The van der Waals surface area contributed by atoms with Gasteiger partial charge < -0.3 is 9.47 Å². The number of carbonyl (C=O) groups excluding carboxylic acids is 2. The van der Waals surface area contributed by atoms with Crippen molar-refractivity contribution in [3.05, 3.63) is 24.3 Å². The van der Waals surface area contributed by atoms with Gasteiger partial charge in [0.2, 0.25) is 0 Å². The largest absolute Gasteiger partial charge is 0.493 e. The number of ether oxygens (including phenoxy) is 2. The Labute approximate surface area is 135 Å². The Morgan fingerprint density at radius 1 is 1.26 bits per heavy atom. The second-order valence-electron chi connectivity index (χ2n) is 6.39. The van der Waals surface area contributed by atoms with Crippen LogP contribution in [0.4, 0.5) is 0 Å². The molecule has 1 aromatic carbocycles. The van der Waals surface area contributed by atoms with Crippen LogP contribution in [0.15, 0.2) is 29.4 Å². The lowest BCUT2D eigenvalue weighted by atomic mass is 9.76. The molecule has 0 bridgehead atoms. The van der Waals surface area contributed by atoms with Crippen molar-refractivity contribution in [3.8, 4) is 11.5 Å². The maximum absolute atomic E-state index is 11.8. The van der Waals surface area contributed by atoms with E-state index in [2.05, 4.69) is 10.5 Å². The van der Waals surface area contributed by atoms with Crippen molar-refractivity contribution in [2.24, 2.45) is 10.5 Å². The van der Waals surface area contributed by atoms with Gasteiger partial charge in [0.25, 0.3) is 5.91 Å². The molecule has 0 radical (unpaired) electrons. The highest BCUT2D eigenvalue weighted by molar-refractivity contribution is 6.05. The Bertz CT molecular complexity index is 623.